The number of benzene rings is 2. The molecule has 0 spiro atoms. The number of likely N-dealkylation sites (tertiary alicyclic amines) is 1. The zero-order valence-electron chi connectivity index (χ0n) is 23.1. The number of hydrogen-bond acceptors (Lipinski definition) is 8. The van der Waals surface area contributed by atoms with Crippen LogP contribution in [0.15, 0.2) is 42.5 Å². The smallest absolute Gasteiger partial charge is 0.414 e. The summed E-state index contributed by atoms with van der Waals surface area (Å²) < 4.78 is 11.3. The van der Waals surface area contributed by atoms with E-state index in [0.717, 1.165) is 69.1 Å². The van der Waals surface area contributed by atoms with Crippen molar-refractivity contribution in [2.45, 2.75) is 33.2 Å². The van der Waals surface area contributed by atoms with Crippen molar-refractivity contribution < 1.29 is 39.2 Å². The second-order valence-corrected chi connectivity index (χ2v) is 9.57. The zero-order chi connectivity index (χ0) is 29.1. The molecular formula is C29H39N3O8. The van der Waals surface area contributed by atoms with Gasteiger partial charge >= 0.3 is 11.9 Å². The minimum absolute atomic E-state index is 0.0851. The van der Waals surface area contributed by atoms with Crippen LogP contribution in [0.3, 0.4) is 0 Å². The van der Waals surface area contributed by atoms with Crippen LogP contribution in [0.2, 0.25) is 0 Å². The maximum absolute atomic E-state index is 13.2. The van der Waals surface area contributed by atoms with E-state index in [1.165, 1.54) is 0 Å². The highest BCUT2D eigenvalue weighted by molar-refractivity contribution is 6.27. The molecule has 2 aliphatic heterocycles. The highest BCUT2D eigenvalue weighted by atomic mass is 16.5. The molecule has 2 aliphatic rings. The molecule has 3 N–H and O–H groups in total. The van der Waals surface area contributed by atoms with Gasteiger partial charge in [-0.25, -0.2) is 9.59 Å². The number of phenols is 1. The Morgan fingerprint density at radius 2 is 1.38 bits per heavy atom. The molecule has 0 aliphatic carbocycles. The molecule has 0 unspecified atom stereocenters. The van der Waals surface area contributed by atoms with Gasteiger partial charge in [-0.1, -0.05) is 24.3 Å². The molecular weight excluding hydrogens is 518 g/mol. The fraction of sp³-hybridized carbons (Fsp3) is 0.483. The van der Waals surface area contributed by atoms with Gasteiger partial charge in [-0.3, -0.25) is 9.69 Å². The number of phenolic OH excluding ortho intramolecular Hbond substituents is 1. The summed E-state index contributed by atoms with van der Waals surface area (Å²) >= 11 is 0. The Bertz CT molecular complexity index is 1130. The number of anilines is 1. The summed E-state index contributed by atoms with van der Waals surface area (Å²) in [5.74, 6) is -1.60. The highest BCUT2D eigenvalue weighted by Crippen LogP contribution is 2.32. The standard InChI is InChI=1S/C27H37N3O4.C2H2O4/c1-3-33-24-10-6-5-9-23(24)29-16-18-30(19-17-29)27(32)21-12-14-28(15-13-21)20-22-8-7-11-25(26(22)31)34-4-2;3-1(4)2(5)6/h5-11,21,31H,3-4,12-20H2,1-2H3;(H,3,4)(H,5,6). The summed E-state index contributed by atoms with van der Waals surface area (Å²) in [7, 11) is 0. The Labute approximate surface area is 234 Å². The van der Waals surface area contributed by atoms with Crippen molar-refractivity contribution >= 4 is 23.5 Å². The first-order valence-electron chi connectivity index (χ1n) is 13.6. The van der Waals surface area contributed by atoms with E-state index < -0.39 is 11.9 Å². The number of carboxylic acids is 2. The number of piperidine rings is 1. The maximum Gasteiger partial charge on any atom is 0.414 e. The number of rotatable bonds is 8. The van der Waals surface area contributed by atoms with Crippen molar-refractivity contribution in [1.82, 2.24) is 9.80 Å². The van der Waals surface area contributed by atoms with Crippen LogP contribution in [0.5, 0.6) is 17.2 Å². The Kier molecular flexibility index (Phi) is 11.4. The third-order valence-corrected chi connectivity index (χ3v) is 6.99. The van der Waals surface area contributed by atoms with Crippen molar-refractivity contribution in [3.8, 4) is 17.2 Å². The molecule has 4 rings (SSSR count). The summed E-state index contributed by atoms with van der Waals surface area (Å²) in [5.41, 5.74) is 1.99. The first kappa shape index (κ1) is 30.6. The third kappa shape index (κ3) is 8.25. The van der Waals surface area contributed by atoms with Gasteiger partial charge in [0.05, 0.1) is 18.9 Å². The number of para-hydroxylation sites is 3. The molecule has 218 valence electrons. The van der Waals surface area contributed by atoms with Crippen LogP contribution in [0, 0.1) is 5.92 Å². The van der Waals surface area contributed by atoms with E-state index in [4.69, 9.17) is 29.3 Å². The number of amides is 1. The lowest BCUT2D eigenvalue weighted by molar-refractivity contribution is -0.159. The summed E-state index contributed by atoms with van der Waals surface area (Å²) in [5, 5.41) is 25.3. The second kappa shape index (κ2) is 15.0. The van der Waals surface area contributed by atoms with Crippen molar-refractivity contribution in [2.24, 2.45) is 5.92 Å². The van der Waals surface area contributed by atoms with E-state index >= 15 is 0 Å². The normalized spacial score (nSPS) is 16.1. The van der Waals surface area contributed by atoms with E-state index in [-0.39, 0.29) is 11.7 Å². The van der Waals surface area contributed by atoms with Crippen LogP contribution >= 0.6 is 0 Å². The molecule has 0 aromatic heterocycles. The van der Waals surface area contributed by atoms with Crippen LogP contribution in [-0.4, -0.2) is 95.4 Å². The monoisotopic (exact) mass is 557 g/mol. The average molecular weight is 558 g/mol. The van der Waals surface area contributed by atoms with Crippen molar-refractivity contribution in [3.63, 3.8) is 0 Å². The van der Waals surface area contributed by atoms with Crippen LogP contribution in [0.4, 0.5) is 5.69 Å². The van der Waals surface area contributed by atoms with Gasteiger partial charge in [0.15, 0.2) is 11.5 Å². The van der Waals surface area contributed by atoms with Crippen molar-refractivity contribution in [2.75, 3.05) is 57.4 Å². The first-order chi connectivity index (χ1) is 19.2. The van der Waals surface area contributed by atoms with Gasteiger partial charge < -0.3 is 34.6 Å². The number of carbonyl (C=O) groups is 3. The SMILES string of the molecule is CCOc1ccccc1N1CCN(C(=O)C2CCN(Cc3cccc(OCC)c3O)CC2)CC1.O=C(O)C(=O)O. The van der Waals surface area contributed by atoms with E-state index in [1.54, 1.807) is 6.07 Å². The molecule has 1 amide bonds. The zero-order valence-corrected chi connectivity index (χ0v) is 23.1. The lowest BCUT2D eigenvalue weighted by Crippen LogP contribution is -2.51. The van der Waals surface area contributed by atoms with E-state index in [0.29, 0.717) is 31.4 Å². The molecule has 0 atom stereocenters. The molecule has 2 saturated heterocycles. The molecule has 2 heterocycles. The van der Waals surface area contributed by atoms with Crippen LogP contribution in [0.1, 0.15) is 32.3 Å². The molecule has 2 aromatic rings. The van der Waals surface area contributed by atoms with Crippen LogP contribution < -0.4 is 14.4 Å². The molecule has 0 bridgehead atoms. The Hall–Kier alpha value is -3.99. The van der Waals surface area contributed by atoms with Gasteiger partial charge in [0, 0.05) is 44.2 Å². The summed E-state index contributed by atoms with van der Waals surface area (Å²) in [6.45, 7) is 10.6. The van der Waals surface area contributed by atoms with E-state index in [1.807, 2.05) is 49.1 Å². The average Bonchev–Trinajstić information content (AvgIpc) is 2.96. The highest BCUT2D eigenvalue weighted by Gasteiger charge is 2.31. The molecule has 11 nitrogen and oxygen atoms in total. The summed E-state index contributed by atoms with van der Waals surface area (Å²) in [6, 6.07) is 13.8. The maximum atomic E-state index is 13.2. The largest absolute Gasteiger partial charge is 0.504 e. The molecule has 2 fully saturated rings. The molecule has 2 aromatic carbocycles. The minimum Gasteiger partial charge on any atom is -0.504 e. The van der Waals surface area contributed by atoms with Crippen LogP contribution in [-0.2, 0) is 20.9 Å². The van der Waals surface area contributed by atoms with E-state index in [2.05, 4.69) is 15.9 Å². The van der Waals surface area contributed by atoms with Gasteiger partial charge in [-0.15, -0.1) is 0 Å². The Balaban J connectivity index is 0.000000663. The number of hydrogen-bond donors (Lipinski definition) is 3. The summed E-state index contributed by atoms with van der Waals surface area (Å²) in [4.78, 5) is 38.1. The molecule has 11 heteroatoms. The summed E-state index contributed by atoms with van der Waals surface area (Å²) in [6.07, 6.45) is 1.72. The lowest BCUT2D eigenvalue weighted by atomic mass is 9.94. The Morgan fingerprint density at radius 3 is 1.98 bits per heavy atom. The number of ether oxygens (including phenoxy) is 2. The lowest BCUT2D eigenvalue weighted by Gasteiger charge is -2.39. The number of carbonyl (C=O) groups excluding carboxylic acids is 1. The number of carboxylic acid groups (broad SMARTS) is 2. The molecule has 0 radical (unpaired) electrons. The number of aliphatic carboxylic acids is 2. The predicted octanol–water partition coefficient (Wildman–Crippen LogP) is 2.91. The number of piperazine rings is 1. The van der Waals surface area contributed by atoms with Gasteiger partial charge in [0.2, 0.25) is 5.91 Å². The third-order valence-electron chi connectivity index (χ3n) is 6.99. The van der Waals surface area contributed by atoms with Crippen molar-refractivity contribution in [3.05, 3.63) is 48.0 Å². The van der Waals surface area contributed by atoms with Gasteiger partial charge in [-0.2, -0.15) is 0 Å². The van der Waals surface area contributed by atoms with Gasteiger partial charge in [0.1, 0.15) is 5.75 Å². The van der Waals surface area contributed by atoms with Crippen molar-refractivity contribution in [1.29, 1.82) is 0 Å². The fourth-order valence-electron chi connectivity index (χ4n) is 4.97. The number of nitrogens with zero attached hydrogens (tertiary/aromatic N) is 3. The predicted molar refractivity (Wildman–Crippen MR) is 149 cm³/mol. The fourth-order valence-corrected chi connectivity index (χ4v) is 4.97. The Morgan fingerprint density at radius 1 is 0.800 bits per heavy atom. The molecule has 0 saturated carbocycles. The minimum atomic E-state index is -1.82. The number of aromatic hydroxyl groups is 1. The van der Waals surface area contributed by atoms with Gasteiger partial charge in [0.25, 0.3) is 0 Å². The van der Waals surface area contributed by atoms with E-state index in [9.17, 15) is 9.90 Å². The topological polar surface area (TPSA) is 140 Å². The molecule has 40 heavy (non-hydrogen) atoms. The first-order valence-corrected chi connectivity index (χ1v) is 13.6. The van der Waals surface area contributed by atoms with Gasteiger partial charge in [-0.05, 0) is 58.0 Å². The quantitative estimate of drug-likeness (QED) is 0.415. The second-order valence-electron chi connectivity index (χ2n) is 9.57. The van der Waals surface area contributed by atoms with Crippen LogP contribution in [0.25, 0.3) is 0 Å².